The van der Waals surface area contributed by atoms with Gasteiger partial charge in [-0.05, 0) is 81.1 Å². The molecule has 46 heavy (non-hydrogen) atoms. The number of pyridine rings is 1. The van der Waals surface area contributed by atoms with Crippen molar-refractivity contribution in [1.82, 2.24) is 40.0 Å². The number of piperidine rings is 1. The largest absolute Gasteiger partial charge is 0.444 e. The summed E-state index contributed by atoms with van der Waals surface area (Å²) in [6.07, 6.45) is 3.25. The smallest absolute Gasteiger partial charge is 0.410 e. The van der Waals surface area contributed by atoms with Crippen LogP contribution in [0.5, 0.6) is 0 Å². The number of amides is 1. The molecule has 0 aliphatic carbocycles. The number of tetrazole rings is 1. The molecule has 4 aromatic rings. The van der Waals surface area contributed by atoms with Gasteiger partial charge in [0, 0.05) is 43.8 Å². The molecule has 0 saturated carbocycles. The zero-order chi connectivity index (χ0) is 32.3. The first kappa shape index (κ1) is 32.1. The first-order chi connectivity index (χ1) is 22.1. The number of carbonyl (C=O) groups is 1. The number of benzene rings is 1. The third-order valence-electron chi connectivity index (χ3n) is 7.58. The van der Waals surface area contributed by atoms with E-state index in [1.807, 2.05) is 52.0 Å². The van der Waals surface area contributed by atoms with Crippen LogP contribution in [0.25, 0.3) is 16.4 Å². The van der Waals surface area contributed by atoms with Crippen LogP contribution in [-0.4, -0.2) is 97.1 Å². The van der Waals surface area contributed by atoms with Gasteiger partial charge < -0.3 is 25.0 Å². The van der Waals surface area contributed by atoms with Crippen molar-refractivity contribution in [3.8, 4) is 16.4 Å². The van der Waals surface area contributed by atoms with Gasteiger partial charge in [-0.25, -0.2) is 14.8 Å². The molecule has 0 radical (unpaired) electrons. The second kappa shape index (κ2) is 13.9. The minimum absolute atomic E-state index is 0.0449. The fourth-order valence-electron chi connectivity index (χ4n) is 5.39. The first-order valence-corrected chi connectivity index (χ1v) is 16.6. The zero-order valence-electron chi connectivity index (χ0n) is 26.5. The summed E-state index contributed by atoms with van der Waals surface area (Å²) in [5.74, 6) is 1.87. The number of carbonyl (C=O) groups excluding carboxylic acids is 1. The Bertz CT molecular complexity index is 1670. The van der Waals surface area contributed by atoms with Crippen LogP contribution in [0.2, 0.25) is 5.02 Å². The summed E-state index contributed by atoms with van der Waals surface area (Å²) < 4.78 is 11.2. The Labute approximate surface area is 277 Å². The maximum Gasteiger partial charge on any atom is 0.410 e. The highest BCUT2D eigenvalue weighted by Crippen LogP contribution is 2.30. The summed E-state index contributed by atoms with van der Waals surface area (Å²) in [6.45, 7) is 12.8. The van der Waals surface area contributed by atoms with Crippen molar-refractivity contribution in [3.63, 3.8) is 0 Å². The Morgan fingerprint density at radius 2 is 1.96 bits per heavy atom. The molecule has 1 atom stereocenters. The second-order valence-corrected chi connectivity index (χ2v) is 14.0. The van der Waals surface area contributed by atoms with Crippen molar-refractivity contribution in [1.29, 1.82) is 0 Å². The van der Waals surface area contributed by atoms with Crippen molar-refractivity contribution < 1.29 is 14.3 Å². The summed E-state index contributed by atoms with van der Waals surface area (Å²) >= 11 is 7.61. The van der Waals surface area contributed by atoms with Crippen molar-refractivity contribution in [3.05, 3.63) is 52.7 Å². The van der Waals surface area contributed by atoms with Gasteiger partial charge in [0.15, 0.2) is 5.13 Å². The second-order valence-electron chi connectivity index (χ2n) is 12.5. The number of halogens is 1. The van der Waals surface area contributed by atoms with Crippen LogP contribution in [0.3, 0.4) is 0 Å². The third kappa shape index (κ3) is 8.29. The molecule has 0 unspecified atom stereocenters. The molecule has 2 saturated heterocycles. The highest BCUT2D eigenvalue weighted by molar-refractivity contribution is 7.18. The van der Waals surface area contributed by atoms with Crippen LogP contribution in [0.15, 0.2) is 36.5 Å². The number of thiazole rings is 1. The number of likely N-dealkylation sites (tertiary alicyclic amines) is 1. The number of aromatic nitrogens is 6. The van der Waals surface area contributed by atoms with Gasteiger partial charge in [-0.3, -0.25) is 4.90 Å². The van der Waals surface area contributed by atoms with E-state index < -0.39 is 5.60 Å². The monoisotopic (exact) mass is 666 g/mol. The Balaban J connectivity index is 1.19. The number of hydrogen-bond acceptors (Lipinski definition) is 12. The van der Waals surface area contributed by atoms with Crippen molar-refractivity contribution in [2.24, 2.45) is 0 Å². The van der Waals surface area contributed by atoms with E-state index in [1.54, 1.807) is 11.1 Å². The summed E-state index contributed by atoms with van der Waals surface area (Å²) in [5.41, 5.74) is 2.33. The molecule has 0 spiro atoms. The van der Waals surface area contributed by atoms with E-state index in [0.29, 0.717) is 34.9 Å². The topological polar surface area (TPSA) is 135 Å². The Kier molecular flexibility index (Phi) is 9.68. The van der Waals surface area contributed by atoms with Crippen LogP contribution in [0.4, 0.5) is 21.6 Å². The van der Waals surface area contributed by atoms with Gasteiger partial charge in [0.2, 0.25) is 5.82 Å². The average molecular weight is 667 g/mol. The molecule has 1 amide bonds. The lowest BCUT2D eigenvalue weighted by atomic mass is 10.1. The van der Waals surface area contributed by atoms with E-state index in [9.17, 15) is 4.79 Å². The molecular formula is C31H39ClN10O3S. The molecule has 1 aromatic carbocycles. The number of nitrogens with zero attached hydrogens (tertiary/aromatic N) is 8. The lowest BCUT2D eigenvalue weighted by molar-refractivity contribution is 0.0206. The summed E-state index contributed by atoms with van der Waals surface area (Å²) in [5, 5.41) is 21.3. The van der Waals surface area contributed by atoms with Gasteiger partial charge in [-0.2, -0.15) is 0 Å². The van der Waals surface area contributed by atoms with E-state index in [0.717, 1.165) is 73.2 Å². The molecule has 5 heterocycles. The average Bonchev–Trinajstić information content (AvgIpc) is 3.68. The summed E-state index contributed by atoms with van der Waals surface area (Å²) in [6, 6.07) is 9.74. The number of ether oxygens (including phenoxy) is 2. The molecule has 2 aliphatic rings. The maximum atomic E-state index is 12.8. The summed E-state index contributed by atoms with van der Waals surface area (Å²) in [4.78, 5) is 28.6. The van der Waals surface area contributed by atoms with Gasteiger partial charge >= 0.3 is 6.09 Å². The van der Waals surface area contributed by atoms with Gasteiger partial charge in [-0.1, -0.05) is 29.0 Å². The Morgan fingerprint density at radius 3 is 2.76 bits per heavy atom. The lowest BCUT2D eigenvalue weighted by Gasteiger charge is -2.34. The number of morpholine rings is 1. The van der Waals surface area contributed by atoms with Crippen LogP contribution >= 0.6 is 22.9 Å². The number of aryl methyl sites for hydroxylation is 1. The molecular weight excluding hydrogens is 628 g/mol. The molecule has 3 aromatic heterocycles. The molecule has 2 fully saturated rings. The number of hydrogen-bond donors (Lipinski definition) is 2. The normalized spacial score (nSPS) is 17.6. The van der Waals surface area contributed by atoms with Crippen LogP contribution < -0.4 is 10.6 Å². The zero-order valence-corrected chi connectivity index (χ0v) is 28.1. The summed E-state index contributed by atoms with van der Waals surface area (Å²) in [7, 11) is 0. The van der Waals surface area contributed by atoms with Crippen molar-refractivity contribution >= 4 is 45.8 Å². The molecule has 15 heteroatoms. The maximum absolute atomic E-state index is 12.8. The predicted octanol–water partition coefficient (Wildman–Crippen LogP) is 5.53. The molecule has 2 N–H and O–H groups in total. The molecule has 0 bridgehead atoms. The minimum atomic E-state index is -0.537. The quantitative estimate of drug-likeness (QED) is 0.246. The minimum Gasteiger partial charge on any atom is -0.444 e. The number of rotatable bonds is 8. The Hall–Kier alpha value is -3.85. The highest BCUT2D eigenvalue weighted by atomic mass is 35.5. The molecule has 244 valence electrons. The first-order valence-electron chi connectivity index (χ1n) is 15.4. The standard InChI is InChI=1S/C31H39ClN10O3S/c1-20-7-8-22(32)16-24(20)42-38-28(37-39-42)25-17-33-29(46-25)36-27-15-21(18-40-10-12-44-13-11-40)14-26(35-27)34-23-6-5-9-41(19-23)30(43)45-31(2,3)4/h7-8,14-17,23H,5-6,9-13,18-19H2,1-4H3,(H2,33,34,35,36)/t23-/m0/s1. The van der Waals surface area contributed by atoms with Gasteiger partial charge in [0.05, 0.1) is 30.0 Å². The van der Waals surface area contributed by atoms with Crippen LogP contribution in [-0.2, 0) is 16.0 Å². The fraction of sp³-hybridized carbons (Fsp3) is 0.484. The number of nitrogens with one attached hydrogen (secondary N) is 2. The Morgan fingerprint density at radius 1 is 1.15 bits per heavy atom. The molecule has 6 rings (SSSR count). The van der Waals surface area contributed by atoms with Crippen LogP contribution in [0, 0.1) is 6.92 Å². The van der Waals surface area contributed by atoms with E-state index >= 15 is 0 Å². The molecule has 2 aliphatic heterocycles. The van der Waals surface area contributed by atoms with E-state index in [4.69, 9.17) is 26.1 Å². The van der Waals surface area contributed by atoms with Crippen molar-refractivity contribution in [2.45, 2.75) is 58.7 Å². The van der Waals surface area contributed by atoms with Gasteiger partial charge in [0.1, 0.15) is 17.2 Å². The third-order valence-corrected chi connectivity index (χ3v) is 8.73. The van der Waals surface area contributed by atoms with Gasteiger partial charge in [-0.15, -0.1) is 15.0 Å². The van der Waals surface area contributed by atoms with E-state index in [2.05, 4.69) is 42.0 Å². The van der Waals surface area contributed by atoms with E-state index in [1.165, 1.54) is 16.1 Å². The van der Waals surface area contributed by atoms with Gasteiger partial charge in [0.25, 0.3) is 0 Å². The SMILES string of the molecule is Cc1ccc(Cl)cc1-n1nnc(-c2cnc(Nc3cc(CN4CCOCC4)cc(N[C@H]4CCCN(C(=O)OC(C)(C)C)C4)n3)s2)n1. The van der Waals surface area contributed by atoms with E-state index in [-0.39, 0.29) is 12.1 Å². The molecule has 13 nitrogen and oxygen atoms in total. The predicted molar refractivity (Wildman–Crippen MR) is 178 cm³/mol. The van der Waals surface area contributed by atoms with Crippen molar-refractivity contribution in [2.75, 3.05) is 50.0 Å². The van der Waals surface area contributed by atoms with Crippen LogP contribution in [0.1, 0.15) is 44.7 Å². The highest BCUT2D eigenvalue weighted by Gasteiger charge is 2.28. The number of anilines is 3. The lowest BCUT2D eigenvalue weighted by Crippen LogP contribution is -2.47. The fourth-order valence-corrected chi connectivity index (χ4v) is 6.30.